The lowest BCUT2D eigenvalue weighted by Gasteiger charge is -2.07. The van der Waals surface area contributed by atoms with Gasteiger partial charge in [-0.2, -0.15) is 4.98 Å². The van der Waals surface area contributed by atoms with Gasteiger partial charge in [-0.3, -0.25) is 0 Å². The number of nitrogen functional groups attached to an aromatic ring is 1. The standard InChI is InChI=1S/C14H14N6O/c1-9-17-13(20-21-9)8-16-12-7-11(15)18-14(19-12)10-5-3-2-4-6-10/h2-7H,8H2,1H3,(H3,15,16,18,19). The zero-order valence-corrected chi connectivity index (χ0v) is 11.4. The number of anilines is 2. The molecule has 0 unspecified atom stereocenters. The van der Waals surface area contributed by atoms with Gasteiger partial charge < -0.3 is 15.6 Å². The van der Waals surface area contributed by atoms with Crippen LogP contribution < -0.4 is 11.1 Å². The summed E-state index contributed by atoms with van der Waals surface area (Å²) in [5, 5.41) is 6.92. The average molecular weight is 282 g/mol. The Kier molecular flexibility index (Phi) is 3.46. The van der Waals surface area contributed by atoms with E-state index in [1.807, 2.05) is 30.3 Å². The summed E-state index contributed by atoms with van der Waals surface area (Å²) in [7, 11) is 0. The van der Waals surface area contributed by atoms with E-state index in [1.54, 1.807) is 13.0 Å². The maximum Gasteiger partial charge on any atom is 0.223 e. The van der Waals surface area contributed by atoms with E-state index in [9.17, 15) is 0 Å². The average Bonchev–Trinajstić information content (AvgIpc) is 2.91. The minimum Gasteiger partial charge on any atom is -0.384 e. The molecule has 0 spiro atoms. The molecule has 7 nitrogen and oxygen atoms in total. The van der Waals surface area contributed by atoms with Crippen LogP contribution in [0.3, 0.4) is 0 Å². The van der Waals surface area contributed by atoms with Crippen molar-refractivity contribution in [1.29, 1.82) is 0 Å². The van der Waals surface area contributed by atoms with Gasteiger partial charge >= 0.3 is 0 Å². The molecule has 0 fully saturated rings. The van der Waals surface area contributed by atoms with E-state index < -0.39 is 0 Å². The lowest BCUT2D eigenvalue weighted by Crippen LogP contribution is -2.06. The second-order valence-electron chi connectivity index (χ2n) is 4.45. The van der Waals surface area contributed by atoms with Crippen LogP contribution in [0.1, 0.15) is 11.7 Å². The number of nitrogens with two attached hydrogens (primary N) is 1. The molecule has 0 saturated heterocycles. The monoisotopic (exact) mass is 282 g/mol. The molecule has 0 atom stereocenters. The molecule has 0 bridgehead atoms. The lowest BCUT2D eigenvalue weighted by molar-refractivity contribution is 0.388. The lowest BCUT2D eigenvalue weighted by atomic mass is 10.2. The third-order valence-electron chi connectivity index (χ3n) is 2.78. The van der Waals surface area contributed by atoms with Crippen LogP contribution in [0.5, 0.6) is 0 Å². The predicted octanol–water partition coefficient (Wildman–Crippen LogP) is 2.03. The van der Waals surface area contributed by atoms with E-state index in [-0.39, 0.29) is 0 Å². The van der Waals surface area contributed by atoms with Crippen LogP contribution in [0, 0.1) is 6.92 Å². The van der Waals surface area contributed by atoms with E-state index in [2.05, 4.69) is 25.4 Å². The van der Waals surface area contributed by atoms with Gasteiger partial charge in [0.05, 0.1) is 6.54 Å². The van der Waals surface area contributed by atoms with Crippen molar-refractivity contribution in [2.45, 2.75) is 13.5 Å². The molecule has 0 aliphatic heterocycles. The highest BCUT2D eigenvalue weighted by Gasteiger charge is 2.07. The number of nitrogens with one attached hydrogen (secondary N) is 1. The van der Waals surface area contributed by atoms with Gasteiger partial charge in [-0.15, -0.1) is 0 Å². The van der Waals surface area contributed by atoms with Crippen molar-refractivity contribution in [3.05, 3.63) is 48.1 Å². The zero-order chi connectivity index (χ0) is 14.7. The molecule has 0 aliphatic rings. The van der Waals surface area contributed by atoms with E-state index in [0.717, 1.165) is 5.56 Å². The number of hydrogen-bond acceptors (Lipinski definition) is 7. The number of hydrogen-bond donors (Lipinski definition) is 2. The summed E-state index contributed by atoms with van der Waals surface area (Å²) >= 11 is 0. The fourth-order valence-corrected chi connectivity index (χ4v) is 1.86. The molecule has 0 amide bonds. The molecule has 106 valence electrons. The molecule has 7 heteroatoms. The van der Waals surface area contributed by atoms with Gasteiger partial charge in [0.2, 0.25) is 5.89 Å². The Labute approximate surface area is 121 Å². The van der Waals surface area contributed by atoms with Crippen LogP contribution in [0.15, 0.2) is 40.9 Å². The fourth-order valence-electron chi connectivity index (χ4n) is 1.86. The molecule has 0 radical (unpaired) electrons. The van der Waals surface area contributed by atoms with Gasteiger partial charge in [-0.1, -0.05) is 35.5 Å². The Hall–Kier alpha value is -2.96. The van der Waals surface area contributed by atoms with E-state index >= 15 is 0 Å². The maximum atomic E-state index is 5.83. The van der Waals surface area contributed by atoms with Crippen LogP contribution in [-0.2, 0) is 6.54 Å². The maximum absolute atomic E-state index is 5.83. The summed E-state index contributed by atoms with van der Waals surface area (Å²) in [6.07, 6.45) is 0. The van der Waals surface area contributed by atoms with Gasteiger partial charge in [0.15, 0.2) is 11.6 Å². The minimum absolute atomic E-state index is 0.399. The van der Waals surface area contributed by atoms with Crippen LogP contribution >= 0.6 is 0 Å². The first kappa shape index (κ1) is 13.0. The molecule has 3 N–H and O–H groups in total. The number of nitrogens with zero attached hydrogens (tertiary/aromatic N) is 4. The first-order chi connectivity index (χ1) is 10.2. The Morgan fingerprint density at radius 3 is 2.67 bits per heavy atom. The van der Waals surface area contributed by atoms with Crippen molar-refractivity contribution in [3.63, 3.8) is 0 Å². The Morgan fingerprint density at radius 2 is 1.95 bits per heavy atom. The Balaban J connectivity index is 1.81. The smallest absolute Gasteiger partial charge is 0.223 e. The SMILES string of the molecule is Cc1nc(CNc2cc(N)nc(-c3ccccc3)n2)no1. The third kappa shape index (κ3) is 3.14. The molecule has 0 saturated carbocycles. The van der Waals surface area contributed by atoms with Gasteiger partial charge in [0.25, 0.3) is 0 Å². The van der Waals surface area contributed by atoms with Crippen molar-refractivity contribution in [1.82, 2.24) is 20.1 Å². The zero-order valence-electron chi connectivity index (χ0n) is 11.4. The number of rotatable bonds is 4. The molecule has 0 aliphatic carbocycles. The van der Waals surface area contributed by atoms with Crippen LogP contribution in [-0.4, -0.2) is 20.1 Å². The van der Waals surface area contributed by atoms with Gasteiger partial charge in [-0.25, -0.2) is 9.97 Å². The van der Waals surface area contributed by atoms with Crippen molar-refractivity contribution in [2.75, 3.05) is 11.1 Å². The van der Waals surface area contributed by atoms with Crippen LogP contribution in [0.25, 0.3) is 11.4 Å². The second-order valence-corrected chi connectivity index (χ2v) is 4.45. The molecule has 21 heavy (non-hydrogen) atoms. The molecule has 2 aromatic heterocycles. The first-order valence-electron chi connectivity index (χ1n) is 6.44. The third-order valence-corrected chi connectivity index (χ3v) is 2.78. The number of aryl methyl sites for hydroxylation is 1. The molecule has 1 aromatic carbocycles. The summed E-state index contributed by atoms with van der Waals surface area (Å²) in [4.78, 5) is 12.8. The summed E-state index contributed by atoms with van der Waals surface area (Å²) in [6, 6.07) is 11.3. The topological polar surface area (TPSA) is 103 Å². The fraction of sp³-hybridized carbons (Fsp3) is 0.143. The quantitative estimate of drug-likeness (QED) is 0.754. The van der Waals surface area contributed by atoms with E-state index in [1.165, 1.54) is 0 Å². The van der Waals surface area contributed by atoms with Gasteiger partial charge in [-0.05, 0) is 0 Å². The van der Waals surface area contributed by atoms with Crippen LogP contribution in [0.2, 0.25) is 0 Å². The van der Waals surface area contributed by atoms with Crippen molar-refractivity contribution in [2.24, 2.45) is 0 Å². The summed E-state index contributed by atoms with van der Waals surface area (Å²) in [5.41, 5.74) is 6.73. The largest absolute Gasteiger partial charge is 0.384 e. The van der Waals surface area contributed by atoms with Crippen molar-refractivity contribution >= 4 is 11.6 Å². The minimum atomic E-state index is 0.399. The van der Waals surface area contributed by atoms with Crippen molar-refractivity contribution in [3.8, 4) is 11.4 Å². The highest BCUT2D eigenvalue weighted by Crippen LogP contribution is 2.18. The molecular formula is C14H14N6O. The van der Waals surface area contributed by atoms with Crippen LogP contribution in [0.4, 0.5) is 11.6 Å². The molecule has 3 rings (SSSR count). The van der Waals surface area contributed by atoms with Gasteiger partial charge in [0, 0.05) is 18.6 Å². The highest BCUT2D eigenvalue weighted by molar-refractivity contribution is 5.60. The number of benzene rings is 1. The normalized spacial score (nSPS) is 10.5. The Morgan fingerprint density at radius 1 is 1.14 bits per heavy atom. The molecular weight excluding hydrogens is 268 g/mol. The molecule has 2 heterocycles. The van der Waals surface area contributed by atoms with E-state index in [4.69, 9.17) is 10.3 Å². The van der Waals surface area contributed by atoms with Gasteiger partial charge in [0.1, 0.15) is 11.6 Å². The summed E-state index contributed by atoms with van der Waals surface area (Å²) < 4.78 is 4.91. The van der Waals surface area contributed by atoms with E-state index in [0.29, 0.717) is 35.7 Å². The van der Waals surface area contributed by atoms with Crippen molar-refractivity contribution < 1.29 is 4.52 Å². The summed E-state index contributed by atoms with van der Waals surface area (Å²) in [5.74, 6) is 2.67. The summed E-state index contributed by atoms with van der Waals surface area (Å²) in [6.45, 7) is 2.15. The Bertz CT molecular complexity index is 740. The highest BCUT2D eigenvalue weighted by atomic mass is 16.5. The predicted molar refractivity (Wildman–Crippen MR) is 78.2 cm³/mol. The second kappa shape index (κ2) is 5.58. The number of aromatic nitrogens is 4. The first-order valence-corrected chi connectivity index (χ1v) is 6.44. The molecule has 3 aromatic rings.